The fourth-order valence-corrected chi connectivity index (χ4v) is 3.85. The summed E-state index contributed by atoms with van der Waals surface area (Å²) in [6.45, 7) is 0.503. The molecular formula is C21H23ClN2O3. The highest BCUT2D eigenvalue weighted by Gasteiger charge is 2.29. The maximum absolute atomic E-state index is 12.6. The number of hydrogen-bond donors (Lipinski definition) is 1. The van der Waals surface area contributed by atoms with Crippen molar-refractivity contribution in [3.63, 3.8) is 0 Å². The molecular weight excluding hydrogens is 364 g/mol. The first-order chi connectivity index (χ1) is 13.2. The van der Waals surface area contributed by atoms with Crippen molar-refractivity contribution in [3.8, 4) is 5.88 Å². The fraction of sp³-hybridized carbons (Fsp3) is 0.429. The lowest BCUT2D eigenvalue weighted by molar-refractivity contribution is -0.135. The molecule has 0 saturated heterocycles. The number of rotatable bonds is 4. The van der Waals surface area contributed by atoms with Gasteiger partial charge in [-0.1, -0.05) is 35.9 Å². The summed E-state index contributed by atoms with van der Waals surface area (Å²) in [7, 11) is 0. The third kappa shape index (κ3) is 4.60. The van der Waals surface area contributed by atoms with Crippen LogP contribution in [0.15, 0.2) is 42.6 Å². The Morgan fingerprint density at radius 1 is 1.11 bits per heavy atom. The summed E-state index contributed by atoms with van der Waals surface area (Å²) in [6, 6.07) is 11.9. The number of benzene rings is 1. The van der Waals surface area contributed by atoms with E-state index in [1.54, 1.807) is 18.3 Å². The molecule has 1 aliphatic carbocycles. The van der Waals surface area contributed by atoms with Crippen LogP contribution in [0, 0.1) is 0 Å². The number of nitrogens with one attached hydrogen (secondary N) is 1. The zero-order chi connectivity index (χ0) is 18.6. The van der Waals surface area contributed by atoms with Crippen LogP contribution in [0.25, 0.3) is 0 Å². The molecule has 1 N–H and O–H groups in total. The lowest BCUT2D eigenvalue weighted by atomic mass is 9.92. The number of carbonyl (C=O) groups excluding carboxylic acids is 1. The molecule has 2 heterocycles. The smallest absolute Gasteiger partial charge is 0.249 e. The molecule has 1 atom stereocenters. The van der Waals surface area contributed by atoms with Gasteiger partial charge in [0.25, 0.3) is 0 Å². The van der Waals surface area contributed by atoms with Gasteiger partial charge in [0, 0.05) is 24.7 Å². The summed E-state index contributed by atoms with van der Waals surface area (Å²) >= 11 is 5.85. The van der Waals surface area contributed by atoms with Crippen LogP contribution in [0.3, 0.4) is 0 Å². The molecule has 142 valence electrons. The largest absolute Gasteiger partial charge is 0.474 e. The van der Waals surface area contributed by atoms with Crippen molar-refractivity contribution in [1.82, 2.24) is 10.3 Å². The molecule has 2 aromatic rings. The van der Waals surface area contributed by atoms with Crippen molar-refractivity contribution < 1.29 is 14.3 Å². The summed E-state index contributed by atoms with van der Waals surface area (Å²) in [6.07, 6.45) is 5.54. The van der Waals surface area contributed by atoms with Crippen molar-refractivity contribution in [2.75, 3.05) is 0 Å². The van der Waals surface area contributed by atoms with Gasteiger partial charge in [-0.05, 0) is 42.9 Å². The first kappa shape index (κ1) is 18.3. The Labute approximate surface area is 164 Å². The van der Waals surface area contributed by atoms with Crippen molar-refractivity contribution in [1.29, 1.82) is 0 Å². The van der Waals surface area contributed by atoms with Crippen LogP contribution in [-0.2, 0) is 22.6 Å². The zero-order valence-electron chi connectivity index (χ0n) is 15.1. The Morgan fingerprint density at radius 3 is 2.63 bits per heavy atom. The molecule has 6 heteroatoms. The lowest BCUT2D eigenvalue weighted by Crippen LogP contribution is -2.46. The standard InChI is InChI=1S/C21H23ClN2O3/c22-16-5-10-20(23-12-16)27-18-8-6-17(7-9-18)24-21(25)19-11-14-3-1-2-4-15(14)13-26-19/h1-5,10,12,17-19H,6-9,11,13H2,(H,24,25). The van der Waals surface area contributed by atoms with Gasteiger partial charge in [-0.3, -0.25) is 4.79 Å². The summed E-state index contributed by atoms with van der Waals surface area (Å²) < 4.78 is 11.7. The van der Waals surface area contributed by atoms with E-state index in [1.165, 1.54) is 11.1 Å². The molecule has 0 radical (unpaired) electrons. The summed E-state index contributed by atoms with van der Waals surface area (Å²) in [5.74, 6) is 0.592. The van der Waals surface area contributed by atoms with Crippen LogP contribution in [0.5, 0.6) is 5.88 Å². The van der Waals surface area contributed by atoms with E-state index in [1.807, 2.05) is 12.1 Å². The maximum atomic E-state index is 12.6. The molecule has 1 aromatic heterocycles. The van der Waals surface area contributed by atoms with E-state index in [0.717, 1.165) is 25.7 Å². The predicted molar refractivity (Wildman–Crippen MR) is 103 cm³/mol. The second-order valence-electron chi connectivity index (χ2n) is 7.19. The molecule has 1 saturated carbocycles. The van der Waals surface area contributed by atoms with Crippen LogP contribution >= 0.6 is 11.6 Å². The molecule has 1 amide bonds. The second kappa shape index (κ2) is 8.28. The molecule has 1 aliphatic heterocycles. The van der Waals surface area contributed by atoms with Gasteiger partial charge >= 0.3 is 0 Å². The fourth-order valence-electron chi connectivity index (χ4n) is 3.74. The van der Waals surface area contributed by atoms with Crippen LogP contribution in [0.4, 0.5) is 0 Å². The molecule has 27 heavy (non-hydrogen) atoms. The normalized spacial score (nSPS) is 24.7. The third-order valence-electron chi connectivity index (χ3n) is 5.26. The highest BCUT2D eigenvalue weighted by atomic mass is 35.5. The van der Waals surface area contributed by atoms with Crippen molar-refractivity contribution >= 4 is 17.5 Å². The Hall–Kier alpha value is -2.11. The van der Waals surface area contributed by atoms with Gasteiger partial charge in [-0.25, -0.2) is 4.98 Å². The molecule has 0 spiro atoms. The van der Waals surface area contributed by atoms with Gasteiger partial charge < -0.3 is 14.8 Å². The van der Waals surface area contributed by atoms with Gasteiger partial charge in [-0.2, -0.15) is 0 Å². The molecule has 5 nitrogen and oxygen atoms in total. The van der Waals surface area contributed by atoms with Gasteiger partial charge in [0.2, 0.25) is 11.8 Å². The zero-order valence-corrected chi connectivity index (χ0v) is 15.8. The minimum Gasteiger partial charge on any atom is -0.474 e. The van der Waals surface area contributed by atoms with Crippen LogP contribution in [0.2, 0.25) is 5.02 Å². The summed E-state index contributed by atoms with van der Waals surface area (Å²) in [4.78, 5) is 16.8. The molecule has 1 fully saturated rings. The summed E-state index contributed by atoms with van der Waals surface area (Å²) in [5.41, 5.74) is 2.38. The Kier molecular flexibility index (Phi) is 5.60. The molecule has 1 unspecified atom stereocenters. The van der Waals surface area contributed by atoms with E-state index in [4.69, 9.17) is 21.1 Å². The monoisotopic (exact) mass is 386 g/mol. The summed E-state index contributed by atoms with van der Waals surface area (Å²) in [5, 5.41) is 3.76. The van der Waals surface area contributed by atoms with E-state index in [9.17, 15) is 4.79 Å². The van der Waals surface area contributed by atoms with E-state index in [-0.39, 0.29) is 18.1 Å². The number of amides is 1. The number of nitrogens with zero attached hydrogens (tertiary/aromatic N) is 1. The van der Waals surface area contributed by atoms with E-state index < -0.39 is 6.10 Å². The molecule has 0 bridgehead atoms. The highest BCUT2D eigenvalue weighted by molar-refractivity contribution is 6.30. The topological polar surface area (TPSA) is 60.5 Å². The van der Waals surface area contributed by atoms with Crippen molar-refractivity contribution in [2.24, 2.45) is 0 Å². The Morgan fingerprint density at radius 2 is 1.89 bits per heavy atom. The molecule has 1 aromatic carbocycles. The average Bonchev–Trinajstić information content (AvgIpc) is 2.71. The van der Waals surface area contributed by atoms with Gasteiger partial charge in [0.15, 0.2) is 0 Å². The Balaban J connectivity index is 1.24. The minimum atomic E-state index is -0.396. The van der Waals surface area contributed by atoms with Crippen LogP contribution < -0.4 is 10.1 Å². The minimum absolute atomic E-state index is 0.00626. The van der Waals surface area contributed by atoms with Crippen LogP contribution in [0.1, 0.15) is 36.8 Å². The number of aromatic nitrogens is 1. The lowest BCUT2D eigenvalue weighted by Gasteiger charge is -2.31. The first-order valence-corrected chi connectivity index (χ1v) is 9.82. The third-order valence-corrected chi connectivity index (χ3v) is 5.49. The quantitative estimate of drug-likeness (QED) is 0.870. The number of halogens is 1. The SMILES string of the molecule is O=C(NC1CCC(Oc2ccc(Cl)cn2)CC1)C1Cc2ccccc2CO1. The van der Waals surface area contributed by atoms with Crippen LogP contribution in [-0.4, -0.2) is 29.1 Å². The van der Waals surface area contributed by atoms with Gasteiger partial charge in [0.1, 0.15) is 12.2 Å². The predicted octanol–water partition coefficient (Wildman–Crippen LogP) is 3.68. The molecule has 4 rings (SSSR count). The number of fused-ring (bicyclic) bond motifs is 1. The van der Waals surface area contributed by atoms with E-state index in [0.29, 0.717) is 23.9 Å². The molecule has 2 aliphatic rings. The van der Waals surface area contributed by atoms with Crippen molar-refractivity contribution in [3.05, 3.63) is 58.7 Å². The maximum Gasteiger partial charge on any atom is 0.249 e. The number of ether oxygens (including phenoxy) is 2. The number of carbonyl (C=O) groups is 1. The van der Waals surface area contributed by atoms with E-state index >= 15 is 0 Å². The van der Waals surface area contributed by atoms with Gasteiger partial charge in [0.05, 0.1) is 11.6 Å². The second-order valence-corrected chi connectivity index (χ2v) is 7.62. The van der Waals surface area contributed by atoms with Crippen molar-refractivity contribution in [2.45, 2.75) is 57.0 Å². The first-order valence-electron chi connectivity index (χ1n) is 9.44. The Bertz CT molecular complexity index is 788. The van der Waals surface area contributed by atoms with E-state index in [2.05, 4.69) is 22.4 Å². The number of pyridine rings is 1. The van der Waals surface area contributed by atoms with Gasteiger partial charge in [-0.15, -0.1) is 0 Å². The highest BCUT2D eigenvalue weighted by Crippen LogP contribution is 2.25. The average molecular weight is 387 g/mol. The number of hydrogen-bond acceptors (Lipinski definition) is 4.